The second-order valence-electron chi connectivity index (χ2n) is 5.62. The van der Waals surface area contributed by atoms with Crippen LogP contribution in [-0.2, 0) is 0 Å². The van der Waals surface area contributed by atoms with Gasteiger partial charge in [-0.15, -0.1) is 0 Å². The Hall–Kier alpha value is -2.84. The van der Waals surface area contributed by atoms with Crippen LogP contribution >= 0.6 is 0 Å². The Morgan fingerprint density at radius 2 is 2.00 bits per heavy atom. The highest BCUT2D eigenvalue weighted by Crippen LogP contribution is 2.23. The first-order chi connectivity index (χ1) is 11.6. The van der Waals surface area contributed by atoms with Gasteiger partial charge in [0.1, 0.15) is 11.8 Å². The van der Waals surface area contributed by atoms with Crippen LogP contribution in [0.2, 0.25) is 0 Å². The number of aromatic nitrogens is 4. The molecule has 128 valence electrons. The lowest BCUT2D eigenvalue weighted by atomic mass is 9.93. The van der Waals surface area contributed by atoms with Gasteiger partial charge in [-0.05, 0) is 25.7 Å². The van der Waals surface area contributed by atoms with E-state index in [2.05, 4.69) is 25.3 Å². The lowest BCUT2D eigenvalue weighted by molar-refractivity contribution is 0.0884. The first-order valence-corrected chi connectivity index (χ1v) is 7.75. The van der Waals surface area contributed by atoms with Crippen molar-refractivity contribution in [2.45, 2.75) is 37.8 Å². The molecule has 2 heterocycles. The van der Waals surface area contributed by atoms with Crippen molar-refractivity contribution in [3.05, 3.63) is 34.8 Å². The maximum Gasteiger partial charge on any atom is 0.323 e. The number of carbonyl (C=O) groups is 1. The first-order valence-electron chi connectivity index (χ1n) is 7.75. The summed E-state index contributed by atoms with van der Waals surface area (Å²) in [5.74, 6) is 0.567. The number of carbonyl (C=O) groups excluding carboxylic acids is 1. The largest absolute Gasteiger partial charge is 0.480 e. The molecule has 0 radical (unpaired) electrons. The molecule has 0 aromatic carbocycles. The Labute approximate surface area is 137 Å². The Balaban J connectivity index is 1.48. The summed E-state index contributed by atoms with van der Waals surface area (Å²) in [7, 11) is 1.53. The van der Waals surface area contributed by atoms with Crippen LogP contribution in [0.3, 0.4) is 0 Å². The smallest absolute Gasteiger partial charge is 0.323 e. The summed E-state index contributed by atoms with van der Waals surface area (Å²) in [4.78, 5) is 36.1. The van der Waals surface area contributed by atoms with E-state index in [1.54, 1.807) is 6.20 Å². The molecule has 1 saturated carbocycles. The van der Waals surface area contributed by atoms with Crippen molar-refractivity contribution in [3.8, 4) is 11.8 Å². The summed E-state index contributed by atoms with van der Waals surface area (Å²) in [6.45, 7) is 0. The molecule has 24 heavy (non-hydrogen) atoms. The van der Waals surface area contributed by atoms with Crippen LogP contribution in [0.15, 0.2) is 23.4 Å². The fourth-order valence-electron chi connectivity index (χ4n) is 2.70. The molecule has 0 bridgehead atoms. The van der Waals surface area contributed by atoms with E-state index < -0.39 is 5.69 Å². The molecular weight excluding hydrogens is 314 g/mol. The molecule has 3 N–H and O–H groups in total. The molecule has 1 fully saturated rings. The monoisotopic (exact) mass is 333 g/mol. The molecule has 9 nitrogen and oxygen atoms in total. The maximum atomic E-state index is 12.0. The molecule has 1 amide bonds. The number of hydrogen-bond donors (Lipinski definition) is 3. The van der Waals surface area contributed by atoms with Crippen molar-refractivity contribution in [3.63, 3.8) is 0 Å². The normalized spacial score (nSPS) is 20.4. The van der Waals surface area contributed by atoms with Gasteiger partial charge in [-0.25, -0.2) is 4.79 Å². The van der Waals surface area contributed by atoms with Crippen molar-refractivity contribution in [2.24, 2.45) is 0 Å². The topological polar surface area (TPSA) is 122 Å². The molecule has 0 atom stereocenters. The highest BCUT2D eigenvalue weighted by atomic mass is 16.5. The Kier molecular flexibility index (Phi) is 4.78. The molecular formula is C15H19N5O4. The van der Waals surface area contributed by atoms with Gasteiger partial charge in [0.2, 0.25) is 11.8 Å². The van der Waals surface area contributed by atoms with E-state index in [0.717, 1.165) is 25.7 Å². The van der Waals surface area contributed by atoms with Gasteiger partial charge in [0, 0.05) is 12.2 Å². The third-order valence-corrected chi connectivity index (χ3v) is 3.94. The first kappa shape index (κ1) is 16.0. The number of methoxy groups -OCH3 is 1. The molecule has 0 spiro atoms. The third-order valence-electron chi connectivity index (χ3n) is 3.94. The van der Waals surface area contributed by atoms with Crippen LogP contribution in [-0.4, -0.2) is 45.1 Å². The van der Waals surface area contributed by atoms with E-state index in [-0.39, 0.29) is 23.7 Å². The Bertz CT molecular complexity index is 748. The van der Waals surface area contributed by atoms with E-state index in [1.165, 1.54) is 19.5 Å². The van der Waals surface area contributed by atoms with E-state index >= 15 is 0 Å². The molecule has 0 saturated heterocycles. The minimum Gasteiger partial charge on any atom is -0.480 e. The lowest BCUT2D eigenvalue weighted by Crippen LogP contribution is -2.40. The minimum atomic E-state index is -0.392. The quantitative estimate of drug-likeness (QED) is 0.737. The summed E-state index contributed by atoms with van der Waals surface area (Å²) < 4.78 is 10.8. The van der Waals surface area contributed by atoms with Crippen molar-refractivity contribution < 1.29 is 14.3 Å². The average Bonchev–Trinajstić information content (AvgIpc) is 3.03. The van der Waals surface area contributed by atoms with Crippen LogP contribution < -0.4 is 20.5 Å². The standard InChI is InChI=1S/C15H19N5O4/c1-23-12-7-16-8-13(20-12)24-10-4-2-9(3-5-10)18-14(21)11-6-17-15(22)19-11/h6-10H,2-5H2,1H3,(H,18,21)(H2,17,19,22). The van der Waals surface area contributed by atoms with E-state index in [0.29, 0.717) is 11.8 Å². The average molecular weight is 333 g/mol. The van der Waals surface area contributed by atoms with Crippen LogP contribution in [0.4, 0.5) is 0 Å². The van der Waals surface area contributed by atoms with Gasteiger partial charge < -0.3 is 24.8 Å². The molecule has 3 rings (SSSR count). The van der Waals surface area contributed by atoms with Crippen molar-refractivity contribution in [1.29, 1.82) is 0 Å². The van der Waals surface area contributed by atoms with Crippen LogP contribution in [0.5, 0.6) is 11.8 Å². The van der Waals surface area contributed by atoms with Gasteiger partial charge in [-0.3, -0.25) is 9.78 Å². The highest BCUT2D eigenvalue weighted by Gasteiger charge is 2.24. The van der Waals surface area contributed by atoms with E-state index in [4.69, 9.17) is 9.47 Å². The van der Waals surface area contributed by atoms with Gasteiger partial charge >= 0.3 is 5.69 Å². The highest BCUT2D eigenvalue weighted by molar-refractivity contribution is 5.92. The summed E-state index contributed by atoms with van der Waals surface area (Å²) in [6, 6.07) is 0.0622. The van der Waals surface area contributed by atoms with Gasteiger partial charge in [0.15, 0.2) is 0 Å². The summed E-state index contributed by atoms with van der Waals surface area (Å²) in [6.07, 6.45) is 7.66. The molecule has 0 unspecified atom stereocenters. The van der Waals surface area contributed by atoms with Crippen molar-refractivity contribution in [1.82, 2.24) is 25.3 Å². The van der Waals surface area contributed by atoms with Gasteiger partial charge in [-0.1, -0.05) is 0 Å². The Morgan fingerprint density at radius 3 is 2.67 bits per heavy atom. The van der Waals surface area contributed by atoms with Crippen molar-refractivity contribution >= 4 is 5.91 Å². The fraction of sp³-hybridized carbons (Fsp3) is 0.467. The van der Waals surface area contributed by atoms with Gasteiger partial charge in [-0.2, -0.15) is 4.98 Å². The minimum absolute atomic E-state index is 0.0339. The third kappa shape index (κ3) is 3.92. The van der Waals surface area contributed by atoms with Crippen LogP contribution in [0.25, 0.3) is 0 Å². The van der Waals surface area contributed by atoms with Crippen LogP contribution in [0.1, 0.15) is 36.2 Å². The molecule has 1 aliphatic rings. The maximum absolute atomic E-state index is 12.0. The van der Waals surface area contributed by atoms with E-state index in [1.807, 2.05) is 0 Å². The molecule has 0 aliphatic heterocycles. The van der Waals surface area contributed by atoms with Crippen molar-refractivity contribution in [2.75, 3.05) is 7.11 Å². The van der Waals surface area contributed by atoms with Gasteiger partial charge in [0.25, 0.3) is 5.91 Å². The summed E-state index contributed by atoms with van der Waals surface area (Å²) in [5.41, 5.74) is -0.151. The second-order valence-corrected chi connectivity index (χ2v) is 5.62. The predicted molar refractivity (Wildman–Crippen MR) is 84.1 cm³/mol. The number of nitrogens with zero attached hydrogens (tertiary/aromatic N) is 2. The fourth-order valence-corrected chi connectivity index (χ4v) is 2.70. The lowest BCUT2D eigenvalue weighted by Gasteiger charge is -2.29. The molecule has 9 heteroatoms. The van der Waals surface area contributed by atoms with Crippen LogP contribution in [0, 0.1) is 0 Å². The summed E-state index contributed by atoms with van der Waals surface area (Å²) in [5, 5.41) is 2.92. The SMILES string of the molecule is COc1cncc(OC2CCC(NC(=O)c3c[nH]c(=O)[nH]3)CC2)n1. The number of hydrogen-bond acceptors (Lipinski definition) is 6. The Morgan fingerprint density at radius 1 is 1.25 bits per heavy atom. The molecule has 2 aromatic heterocycles. The number of ether oxygens (including phenoxy) is 2. The number of rotatable bonds is 5. The van der Waals surface area contributed by atoms with E-state index in [9.17, 15) is 9.59 Å². The number of aromatic amines is 2. The molecule has 2 aromatic rings. The number of imidazole rings is 1. The predicted octanol–water partition coefficient (Wildman–Crippen LogP) is 0.622. The zero-order chi connectivity index (χ0) is 16.9. The zero-order valence-corrected chi connectivity index (χ0v) is 13.2. The number of amides is 1. The second kappa shape index (κ2) is 7.16. The number of nitrogens with one attached hydrogen (secondary N) is 3. The van der Waals surface area contributed by atoms with Gasteiger partial charge in [0.05, 0.1) is 19.5 Å². The number of H-pyrrole nitrogens is 2. The molecule has 1 aliphatic carbocycles. The zero-order valence-electron chi connectivity index (χ0n) is 13.2. The summed E-state index contributed by atoms with van der Waals surface area (Å²) >= 11 is 0.